The Bertz CT molecular complexity index is 1450. The Morgan fingerprint density at radius 1 is 0.950 bits per heavy atom. The van der Waals surface area contributed by atoms with Gasteiger partial charge in [-0.3, -0.25) is 9.13 Å². The number of aryl methyl sites for hydroxylation is 1. The molecule has 5 rings (SSSR count). The fourth-order valence-corrected chi connectivity index (χ4v) is 5.48. The second kappa shape index (κ2) is 11.6. The van der Waals surface area contributed by atoms with E-state index in [1.54, 1.807) is 14.4 Å². The first-order valence-electron chi connectivity index (χ1n) is 14.1. The topological polar surface area (TPSA) is 86.0 Å². The van der Waals surface area contributed by atoms with Crippen LogP contribution in [-0.2, 0) is 22.6 Å². The number of hydrogen-bond donors (Lipinski definition) is 0. The predicted octanol–water partition coefficient (Wildman–Crippen LogP) is 5.48. The number of carbonyl (C=O) groups is 2. The van der Waals surface area contributed by atoms with Gasteiger partial charge in [0.05, 0.1) is 17.1 Å². The molecule has 2 heterocycles. The molecule has 0 N–H and O–H groups in total. The van der Waals surface area contributed by atoms with Crippen molar-refractivity contribution in [2.24, 2.45) is 0 Å². The van der Waals surface area contributed by atoms with Crippen LogP contribution in [0, 0.1) is 0 Å². The molecule has 0 radical (unpaired) electrons. The van der Waals surface area contributed by atoms with E-state index in [2.05, 4.69) is 6.08 Å². The minimum Gasteiger partial charge on any atom is -0.445 e. The lowest BCUT2D eigenvalue weighted by Crippen LogP contribution is -2.57. The molecule has 0 spiro atoms. The van der Waals surface area contributed by atoms with Crippen LogP contribution in [0.4, 0.5) is 9.59 Å². The van der Waals surface area contributed by atoms with E-state index in [-0.39, 0.29) is 18.3 Å². The van der Waals surface area contributed by atoms with Crippen molar-refractivity contribution in [3.8, 4) is 0 Å². The molecular weight excluding hydrogens is 508 g/mol. The SMILES string of the molecule is CC(C)(C)OC(=O)N1CCN(C(=O)OCc2ccccc2)C[C@H]1CCn1c(=O)n(C2=CCCC2)c2ccccc21. The summed E-state index contributed by atoms with van der Waals surface area (Å²) in [5, 5.41) is 0. The third-order valence-electron chi connectivity index (χ3n) is 7.40. The molecule has 2 aliphatic rings. The maximum absolute atomic E-state index is 13.6. The summed E-state index contributed by atoms with van der Waals surface area (Å²) in [6, 6.07) is 17.0. The van der Waals surface area contributed by atoms with Crippen molar-refractivity contribution in [1.82, 2.24) is 18.9 Å². The van der Waals surface area contributed by atoms with Crippen LogP contribution in [0.1, 0.15) is 52.0 Å². The minimum atomic E-state index is -0.646. The summed E-state index contributed by atoms with van der Waals surface area (Å²) in [6.45, 7) is 7.05. The summed E-state index contributed by atoms with van der Waals surface area (Å²) < 4.78 is 14.9. The Kier molecular flexibility index (Phi) is 8.00. The highest BCUT2D eigenvalue weighted by Crippen LogP contribution is 2.26. The fraction of sp³-hybridized carbons (Fsp3) is 0.452. The quantitative estimate of drug-likeness (QED) is 0.409. The maximum atomic E-state index is 13.6. The largest absolute Gasteiger partial charge is 0.445 e. The van der Waals surface area contributed by atoms with E-state index in [9.17, 15) is 14.4 Å². The van der Waals surface area contributed by atoms with Gasteiger partial charge >= 0.3 is 17.9 Å². The predicted molar refractivity (Wildman–Crippen MR) is 154 cm³/mol. The number of fused-ring (bicyclic) bond motifs is 1. The average Bonchev–Trinajstić information content (AvgIpc) is 3.55. The number of allylic oxidation sites excluding steroid dienone is 2. The second-order valence-electron chi connectivity index (χ2n) is 11.4. The number of benzene rings is 2. The zero-order valence-electron chi connectivity index (χ0n) is 23.5. The molecule has 9 heteroatoms. The molecule has 1 atom stereocenters. The van der Waals surface area contributed by atoms with Crippen LogP contribution in [0.5, 0.6) is 0 Å². The third kappa shape index (κ3) is 6.08. The number of nitrogens with zero attached hydrogens (tertiary/aromatic N) is 4. The molecule has 2 aromatic carbocycles. The van der Waals surface area contributed by atoms with Crippen LogP contribution in [-0.4, -0.2) is 62.4 Å². The van der Waals surface area contributed by atoms with Crippen molar-refractivity contribution in [2.75, 3.05) is 19.6 Å². The van der Waals surface area contributed by atoms with Crippen molar-refractivity contribution >= 4 is 28.9 Å². The number of carbonyl (C=O) groups excluding carboxylic acids is 2. The summed E-state index contributed by atoms with van der Waals surface area (Å²) in [6.07, 6.45) is 4.69. The number of ether oxygens (including phenoxy) is 2. The first kappa shape index (κ1) is 27.6. The van der Waals surface area contributed by atoms with E-state index in [1.807, 2.05) is 79.9 Å². The van der Waals surface area contributed by atoms with Gasteiger partial charge in [0.2, 0.25) is 0 Å². The van der Waals surface area contributed by atoms with E-state index in [0.29, 0.717) is 32.6 Å². The Labute approximate surface area is 234 Å². The van der Waals surface area contributed by atoms with E-state index < -0.39 is 17.8 Å². The Hall–Kier alpha value is -4.01. The molecule has 40 heavy (non-hydrogen) atoms. The number of imidazole rings is 1. The lowest BCUT2D eigenvalue weighted by Gasteiger charge is -2.41. The molecule has 1 aromatic heterocycles. The number of amides is 2. The molecule has 1 aliphatic heterocycles. The van der Waals surface area contributed by atoms with Gasteiger partial charge in [0.25, 0.3) is 0 Å². The summed E-state index contributed by atoms with van der Waals surface area (Å²) in [5.74, 6) is 0. The van der Waals surface area contributed by atoms with Gasteiger partial charge in [-0.15, -0.1) is 0 Å². The van der Waals surface area contributed by atoms with Crippen LogP contribution in [0.2, 0.25) is 0 Å². The van der Waals surface area contributed by atoms with Crippen LogP contribution < -0.4 is 5.69 Å². The first-order valence-corrected chi connectivity index (χ1v) is 14.1. The number of rotatable bonds is 6. The number of para-hydroxylation sites is 2. The van der Waals surface area contributed by atoms with Gasteiger partial charge in [-0.05, 0) is 64.2 Å². The molecule has 1 aliphatic carbocycles. The van der Waals surface area contributed by atoms with Crippen molar-refractivity contribution < 1.29 is 19.1 Å². The highest BCUT2D eigenvalue weighted by atomic mass is 16.6. The van der Waals surface area contributed by atoms with Crippen LogP contribution >= 0.6 is 0 Å². The zero-order valence-corrected chi connectivity index (χ0v) is 23.5. The molecule has 1 saturated heterocycles. The monoisotopic (exact) mass is 546 g/mol. The zero-order chi connectivity index (χ0) is 28.3. The van der Waals surface area contributed by atoms with Crippen LogP contribution in [0.3, 0.4) is 0 Å². The molecule has 0 unspecified atom stereocenters. The standard InChI is InChI=1S/C31H38N4O5/c1-31(2,3)40-30(38)33-20-19-32(29(37)39-22-23-11-5-4-6-12-23)21-25(33)17-18-34-26-15-9-10-16-27(26)35(28(34)36)24-13-7-8-14-24/h4-6,9-13,15-16,25H,7-8,14,17-22H2,1-3H3/t25-/m1/s1. The highest BCUT2D eigenvalue weighted by molar-refractivity contribution is 5.80. The summed E-state index contributed by atoms with van der Waals surface area (Å²) in [7, 11) is 0. The fourth-order valence-electron chi connectivity index (χ4n) is 5.48. The molecule has 3 aromatic rings. The normalized spacial score (nSPS) is 17.7. The van der Waals surface area contributed by atoms with Crippen molar-refractivity contribution in [2.45, 2.75) is 71.2 Å². The smallest absolute Gasteiger partial charge is 0.410 e. The average molecular weight is 547 g/mol. The van der Waals surface area contributed by atoms with Crippen molar-refractivity contribution in [3.05, 3.63) is 76.7 Å². The molecule has 9 nitrogen and oxygen atoms in total. The maximum Gasteiger partial charge on any atom is 0.410 e. The molecule has 0 saturated carbocycles. The molecular formula is C31H38N4O5. The minimum absolute atomic E-state index is 0.0758. The molecule has 2 amide bonds. The van der Waals surface area contributed by atoms with E-state index in [0.717, 1.165) is 41.6 Å². The van der Waals surface area contributed by atoms with Gasteiger partial charge in [-0.2, -0.15) is 0 Å². The van der Waals surface area contributed by atoms with Gasteiger partial charge in [0, 0.05) is 31.9 Å². The summed E-state index contributed by atoms with van der Waals surface area (Å²) >= 11 is 0. The summed E-state index contributed by atoms with van der Waals surface area (Å²) in [4.78, 5) is 43.1. The Morgan fingerprint density at radius 3 is 2.38 bits per heavy atom. The highest BCUT2D eigenvalue weighted by Gasteiger charge is 2.35. The summed E-state index contributed by atoms with van der Waals surface area (Å²) in [5.41, 5.74) is 2.98. The third-order valence-corrected chi connectivity index (χ3v) is 7.40. The number of aromatic nitrogens is 2. The van der Waals surface area contributed by atoms with Gasteiger partial charge < -0.3 is 19.3 Å². The van der Waals surface area contributed by atoms with E-state index in [4.69, 9.17) is 9.47 Å². The molecule has 1 fully saturated rings. The number of piperazine rings is 1. The number of hydrogen-bond acceptors (Lipinski definition) is 5. The lowest BCUT2D eigenvalue weighted by atomic mass is 10.1. The van der Waals surface area contributed by atoms with Gasteiger partial charge in [0.15, 0.2) is 0 Å². The van der Waals surface area contributed by atoms with Crippen LogP contribution in [0.25, 0.3) is 16.7 Å². The van der Waals surface area contributed by atoms with Crippen molar-refractivity contribution in [3.63, 3.8) is 0 Å². The van der Waals surface area contributed by atoms with Crippen LogP contribution in [0.15, 0.2) is 65.5 Å². The molecule has 212 valence electrons. The Balaban J connectivity index is 1.36. The first-order chi connectivity index (χ1) is 19.2. The van der Waals surface area contributed by atoms with Gasteiger partial charge in [-0.25, -0.2) is 14.4 Å². The van der Waals surface area contributed by atoms with E-state index in [1.165, 1.54) is 0 Å². The van der Waals surface area contributed by atoms with Gasteiger partial charge in [-0.1, -0.05) is 48.5 Å². The van der Waals surface area contributed by atoms with E-state index >= 15 is 0 Å². The Morgan fingerprint density at radius 2 is 1.68 bits per heavy atom. The second-order valence-corrected chi connectivity index (χ2v) is 11.4. The van der Waals surface area contributed by atoms with Crippen molar-refractivity contribution in [1.29, 1.82) is 0 Å². The van der Waals surface area contributed by atoms with Gasteiger partial charge in [0.1, 0.15) is 12.2 Å². The molecule has 0 bridgehead atoms. The lowest BCUT2D eigenvalue weighted by molar-refractivity contribution is -0.00499.